The van der Waals surface area contributed by atoms with Gasteiger partial charge in [-0.05, 0) is 29.3 Å². The Kier molecular flexibility index (Phi) is 4.14. The van der Waals surface area contributed by atoms with Crippen molar-refractivity contribution in [3.05, 3.63) is 71.4 Å². The Hall–Kier alpha value is -3.02. The maximum absolute atomic E-state index is 13.1. The molecular formula is C17H13F2N3O. The molecule has 0 aliphatic carbocycles. The monoisotopic (exact) mass is 313 g/mol. The van der Waals surface area contributed by atoms with E-state index in [2.05, 4.69) is 15.5 Å². The number of para-hydroxylation sites is 1. The molecule has 6 heteroatoms. The van der Waals surface area contributed by atoms with E-state index in [-0.39, 0.29) is 5.91 Å². The topological polar surface area (TPSA) is 57.8 Å². The Morgan fingerprint density at radius 2 is 2.09 bits per heavy atom. The molecular weight excluding hydrogens is 300 g/mol. The van der Waals surface area contributed by atoms with E-state index in [9.17, 15) is 13.6 Å². The van der Waals surface area contributed by atoms with Crippen LogP contribution in [0.5, 0.6) is 0 Å². The third-order valence-electron chi connectivity index (χ3n) is 3.39. The molecule has 0 atom stereocenters. The zero-order valence-corrected chi connectivity index (χ0v) is 12.0. The molecule has 0 unspecified atom stereocenters. The second-order valence-electron chi connectivity index (χ2n) is 4.98. The number of aromatic amines is 1. The summed E-state index contributed by atoms with van der Waals surface area (Å²) in [5.74, 6) is -2.19. The second kappa shape index (κ2) is 6.39. The zero-order chi connectivity index (χ0) is 16.2. The fourth-order valence-electron chi connectivity index (χ4n) is 2.21. The largest absolute Gasteiger partial charge is 0.348 e. The number of carbonyl (C=O) groups is 1. The average Bonchev–Trinajstić information content (AvgIpc) is 3.03. The van der Waals surface area contributed by atoms with Crippen LogP contribution in [0.25, 0.3) is 17.0 Å². The molecule has 0 fully saturated rings. The number of H-pyrrole nitrogens is 1. The van der Waals surface area contributed by atoms with Gasteiger partial charge in [-0.25, -0.2) is 8.78 Å². The number of rotatable bonds is 4. The average molecular weight is 313 g/mol. The van der Waals surface area contributed by atoms with Crippen molar-refractivity contribution in [3.63, 3.8) is 0 Å². The minimum Gasteiger partial charge on any atom is -0.348 e. The number of halogens is 2. The van der Waals surface area contributed by atoms with Gasteiger partial charge in [-0.15, -0.1) is 0 Å². The van der Waals surface area contributed by atoms with Crippen LogP contribution in [0.3, 0.4) is 0 Å². The third kappa shape index (κ3) is 3.42. The number of amides is 1. The molecule has 2 N–H and O–H groups in total. The molecule has 0 radical (unpaired) electrons. The molecule has 0 saturated carbocycles. The second-order valence-corrected chi connectivity index (χ2v) is 4.98. The van der Waals surface area contributed by atoms with Crippen molar-refractivity contribution in [3.8, 4) is 0 Å². The molecule has 0 bridgehead atoms. The number of nitrogens with zero attached hydrogens (tertiary/aromatic N) is 1. The summed E-state index contributed by atoms with van der Waals surface area (Å²) in [4.78, 5) is 11.8. The summed E-state index contributed by atoms with van der Waals surface area (Å²) in [5, 5.41) is 10.5. The number of fused-ring (bicyclic) bond motifs is 1. The highest BCUT2D eigenvalue weighted by molar-refractivity contribution is 5.92. The van der Waals surface area contributed by atoms with Crippen LogP contribution in [0.15, 0.2) is 48.7 Å². The fourth-order valence-corrected chi connectivity index (χ4v) is 2.21. The number of benzene rings is 2. The summed E-state index contributed by atoms with van der Waals surface area (Å²) in [6, 6.07) is 9.15. The van der Waals surface area contributed by atoms with Crippen molar-refractivity contribution in [2.45, 2.75) is 6.54 Å². The first-order valence-electron chi connectivity index (χ1n) is 6.95. The summed E-state index contributed by atoms with van der Waals surface area (Å²) in [7, 11) is 0. The van der Waals surface area contributed by atoms with E-state index in [1.165, 1.54) is 18.2 Å². The lowest BCUT2D eigenvalue weighted by molar-refractivity contribution is -0.116. The Balaban J connectivity index is 1.64. The molecule has 3 aromatic rings. The minimum absolute atomic E-state index is 0.328. The normalized spacial score (nSPS) is 11.2. The van der Waals surface area contributed by atoms with Crippen molar-refractivity contribution in [1.82, 2.24) is 15.5 Å². The van der Waals surface area contributed by atoms with Crippen LogP contribution in [-0.4, -0.2) is 16.1 Å². The van der Waals surface area contributed by atoms with E-state index < -0.39 is 11.6 Å². The van der Waals surface area contributed by atoms with Gasteiger partial charge in [-0.3, -0.25) is 9.89 Å². The lowest BCUT2D eigenvalue weighted by Crippen LogP contribution is -2.20. The van der Waals surface area contributed by atoms with Crippen LogP contribution in [0.2, 0.25) is 0 Å². The van der Waals surface area contributed by atoms with Gasteiger partial charge in [0.2, 0.25) is 5.91 Å². The van der Waals surface area contributed by atoms with Gasteiger partial charge in [0, 0.05) is 18.0 Å². The number of hydrogen-bond acceptors (Lipinski definition) is 2. The van der Waals surface area contributed by atoms with Crippen molar-refractivity contribution in [2.75, 3.05) is 0 Å². The van der Waals surface area contributed by atoms with Crippen LogP contribution >= 0.6 is 0 Å². The van der Waals surface area contributed by atoms with Gasteiger partial charge in [0.1, 0.15) is 0 Å². The van der Waals surface area contributed by atoms with Gasteiger partial charge < -0.3 is 5.32 Å². The standard InChI is InChI=1S/C17H13F2N3O/c18-14-6-4-11(8-15(14)19)5-7-16(23)20-9-12-2-1-3-13-10-21-22-17(12)13/h1-8,10H,9H2,(H,20,23)(H,21,22). The highest BCUT2D eigenvalue weighted by Crippen LogP contribution is 2.15. The van der Waals surface area contributed by atoms with Crippen molar-refractivity contribution >= 4 is 22.9 Å². The van der Waals surface area contributed by atoms with Crippen LogP contribution < -0.4 is 5.32 Å². The molecule has 23 heavy (non-hydrogen) atoms. The molecule has 0 aliphatic rings. The molecule has 0 spiro atoms. The summed E-state index contributed by atoms with van der Waals surface area (Å²) >= 11 is 0. The van der Waals surface area contributed by atoms with Crippen molar-refractivity contribution < 1.29 is 13.6 Å². The van der Waals surface area contributed by atoms with Crippen molar-refractivity contribution in [1.29, 1.82) is 0 Å². The highest BCUT2D eigenvalue weighted by atomic mass is 19.2. The van der Waals surface area contributed by atoms with Gasteiger partial charge >= 0.3 is 0 Å². The maximum Gasteiger partial charge on any atom is 0.244 e. The molecule has 4 nitrogen and oxygen atoms in total. The number of hydrogen-bond donors (Lipinski definition) is 2. The Morgan fingerprint density at radius 1 is 1.22 bits per heavy atom. The van der Waals surface area contributed by atoms with Crippen LogP contribution in [-0.2, 0) is 11.3 Å². The number of aromatic nitrogens is 2. The summed E-state index contributed by atoms with van der Waals surface area (Å²) in [6.07, 6.45) is 4.41. The minimum atomic E-state index is -0.946. The fraction of sp³-hybridized carbons (Fsp3) is 0.0588. The first kappa shape index (κ1) is 14.9. The lowest BCUT2D eigenvalue weighted by atomic mass is 10.1. The molecule has 2 aromatic carbocycles. The van der Waals surface area contributed by atoms with E-state index in [0.29, 0.717) is 12.1 Å². The predicted octanol–water partition coefficient (Wildman–Crippen LogP) is 3.17. The Morgan fingerprint density at radius 3 is 2.91 bits per heavy atom. The predicted molar refractivity (Wildman–Crippen MR) is 83.3 cm³/mol. The number of carbonyl (C=O) groups excluding carboxylic acids is 1. The van der Waals surface area contributed by atoms with E-state index >= 15 is 0 Å². The zero-order valence-electron chi connectivity index (χ0n) is 12.0. The number of nitrogens with one attached hydrogen (secondary N) is 2. The Bertz CT molecular complexity index is 886. The SMILES string of the molecule is O=C(C=Cc1ccc(F)c(F)c1)NCc1cccc2cn[nH]c12. The third-order valence-corrected chi connectivity index (χ3v) is 3.39. The van der Waals surface area contributed by atoms with Crippen LogP contribution in [0.4, 0.5) is 8.78 Å². The molecule has 0 aliphatic heterocycles. The van der Waals surface area contributed by atoms with Crippen molar-refractivity contribution in [2.24, 2.45) is 0 Å². The van der Waals surface area contributed by atoms with Crippen LogP contribution in [0.1, 0.15) is 11.1 Å². The maximum atomic E-state index is 13.1. The first-order valence-corrected chi connectivity index (χ1v) is 6.95. The van der Waals surface area contributed by atoms with E-state index in [4.69, 9.17) is 0 Å². The molecule has 1 amide bonds. The highest BCUT2D eigenvalue weighted by Gasteiger charge is 2.04. The van der Waals surface area contributed by atoms with Gasteiger partial charge in [0.15, 0.2) is 11.6 Å². The van der Waals surface area contributed by atoms with Gasteiger partial charge in [0.25, 0.3) is 0 Å². The molecule has 3 rings (SSSR count). The van der Waals surface area contributed by atoms with E-state index in [1.807, 2.05) is 18.2 Å². The summed E-state index contributed by atoms with van der Waals surface area (Å²) in [6.45, 7) is 0.334. The molecule has 116 valence electrons. The van der Waals surface area contributed by atoms with Crippen LogP contribution in [0, 0.1) is 11.6 Å². The quantitative estimate of drug-likeness (QED) is 0.727. The Labute approximate surface area is 130 Å². The van der Waals surface area contributed by atoms with E-state index in [0.717, 1.165) is 28.6 Å². The van der Waals surface area contributed by atoms with Gasteiger partial charge in [-0.2, -0.15) is 5.10 Å². The van der Waals surface area contributed by atoms with E-state index in [1.54, 1.807) is 6.20 Å². The lowest BCUT2D eigenvalue weighted by Gasteiger charge is -2.04. The molecule has 1 aromatic heterocycles. The smallest absolute Gasteiger partial charge is 0.244 e. The van der Waals surface area contributed by atoms with Gasteiger partial charge in [-0.1, -0.05) is 24.3 Å². The summed E-state index contributed by atoms with van der Waals surface area (Å²) in [5.41, 5.74) is 2.20. The molecule has 0 saturated heterocycles. The first-order chi connectivity index (χ1) is 11.1. The van der Waals surface area contributed by atoms with Gasteiger partial charge in [0.05, 0.1) is 11.7 Å². The molecule has 1 heterocycles. The summed E-state index contributed by atoms with van der Waals surface area (Å²) < 4.78 is 25.9.